The highest BCUT2D eigenvalue weighted by atomic mass is 32.2. The number of carbonyl (C=O) groups is 1. The SMILES string of the molecule is CCSc1cccc(N(C)CC2CC2C)c1C(=O)O. The summed E-state index contributed by atoms with van der Waals surface area (Å²) in [5.74, 6) is 1.55. The number of hydrogen-bond donors (Lipinski definition) is 1. The average Bonchev–Trinajstić information content (AvgIpc) is 3.04. The molecule has 1 fully saturated rings. The number of anilines is 1. The largest absolute Gasteiger partial charge is 0.478 e. The van der Waals surface area contributed by atoms with Crippen molar-refractivity contribution >= 4 is 23.4 Å². The van der Waals surface area contributed by atoms with E-state index >= 15 is 0 Å². The molecule has 4 heteroatoms. The van der Waals surface area contributed by atoms with Gasteiger partial charge in [-0.25, -0.2) is 4.79 Å². The first-order valence-electron chi connectivity index (χ1n) is 6.74. The highest BCUT2D eigenvalue weighted by Crippen LogP contribution is 2.39. The minimum absolute atomic E-state index is 0.449. The van der Waals surface area contributed by atoms with Crippen molar-refractivity contribution in [3.8, 4) is 0 Å². The van der Waals surface area contributed by atoms with E-state index in [-0.39, 0.29) is 0 Å². The normalized spacial score (nSPS) is 21.2. The molecule has 0 aliphatic heterocycles. The smallest absolute Gasteiger partial charge is 0.338 e. The van der Waals surface area contributed by atoms with Crippen LogP contribution in [0, 0.1) is 11.8 Å². The van der Waals surface area contributed by atoms with Gasteiger partial charge in [0.05, 0.1) is 11.3 Å². The van der Waals surface area contributed by atoms with Crippen molar-refractivity contribution < 1.29 is 9.90 Å². The number of benzene rings is 1. The third-order valence-electron chi connectivity index (χ3n) is 3.71. The molecule has 0 aromatic heterocycles. The van der Waals surface area contributed by atoms with Gasteiger partial charge in [-0.3, -0.25) is 0 Å². The Kier molecular flexibility index (Phi) is 4.40. The van der Waals surface area contributed by atoms with E-state index in [0.717, 1.165) is 28.8 Å². The Balaban J connectivity index is 2.27. The second kappa shape index (κ2) is 5.87. The summed E-state index contributed by atoms with van der Waals surface area (Å²) in [6, 6.07) is 5.76. The Labute approximate surface area is 119 Å². The van der Waals surface area contributed by atoms with Gasteiger partial charge in [-0.1, -0.05) is 19.9 Å². The summed E-state index contributed by atoms with van der Waals surface area (Å²) in [6.07, 6.45) is 1.26. The topological polar surface area (TPSA) is 40.5 Å². The third kappa shape index (κ3) is 3.24. The predicted octanol–water partition coefficient (Wildman–Crippen LogP) is 3.59. The van der Waals surface area contributed by atoms with E-state index in [1.165, 1.54) is 6.42 Å². The van der Waals surface area contributed by atoms with Gasteiger partial charge in [0, 0.05) is 18.5 Å². The lowest BCUT2D eigenvalue weighted by molar-refractivity contribution is 0.0694. The van der Waals surface area contributed by atoms with E-state index in [1.54, 1.807) is 11.8 Å². The quantitative estimate of drug-likeness (QED) is 0.808. The minimum atomic E-state index is -0.831. The van der Waals surface area contributed by atoms with Crippen molar-refractivity contribution in [3.63, 3.8) is 0 Å². The van der Waals surface area contributed by atoms with Crippen LogP contribution < -0.4 is 4.90 Å². The van der Waals surface area contributed by atoms with Gasteiger partial charge in [-0.2, -0.15) is 0 Å². The van der Waals surface area contributed by atoms with E-state index < -0.39 is 5.97 Å². The van der Waals surface area contributed by atoms with Gasteiger partial charge < -0.3 is 10.0 Å². The van der Waals surface area contributed by atoms with E-state index in [4.69, 9.17) is 0 Å². The first kappa shape index (κ1) is 14.3. The number of carboxylic acid groups (broad SMARTS) is 1. The van der Waals surface area contributed by atoms with Gasteiger partial charge in [0.15, 0.2) is 0 Å². The van der Waals surface area contributed by atoms with Crippen LogP contribution in [0.4, 0.5) is 5.69 Å². The molecule has 1 saturated carbocycles. The number of hydrogen-bond acceptors (Lipinski definition) is 3. The molecule has 2 atom stereocenters. The maximum atomic E-state index is 11.5. The molecule has 0 saturated heterocycles. The van der Waals surface area contributed by atoms with E-state index in [2.05, 4.69) is 11.8 Å². The third-order valence-corrected chi connectivity index (χ3v) is 4.65. The summed E-state index contributed by atoms with van der Waals surface area (Å²) in [5, 5.41) is 9.48. The van der Waals surface area contributed by atoms with E-state index in [9.17, 15) is 9.90 Å². The first-order chi connectivity index (χ1) is 9.04. The number of aromatic carboxylic acids is 1. The lowest BCUT2D eigenvalue weighted by atomic mass is 10.1. The van der Waals surface area contributed by atoms with Crippen LogP contribution in [0.2, 0.25) is 0 Å². The van der Waals surface area contributed by atoms with Crippen molar-refractivity contribution in [2.45, 2.75) is 25.2 Å². The molecule has 0 amide bonds. The molecule has 0 radical (unpaired) electrons. The molecule has 0 heterocycles. The molecule has 1 aliphatic rings. The molecule has 0 spiro atoms. The van der Waals surface area contributed by atoms with Crippen molar-refractivity contribution in [1.82, 2.24) is 0 Å². The van der Waals surface area contributed by atoms with Gasteiger partial charge in [-0.15, -0.1) is 11.8 Å². The Morgan fingerprint density at radius 2 is 2.21 bits per heavy atom. The van der Waals surface area contributed by atoms with Crippen LogP contribution in [0.5, 0.6) is 0 Å². The molecule has 2 rings (SSSR count). The summed E-state index contributed by atoms with van der Waals surface area (Å²) < 4.78 is 0. The second-order valence-electron chi connectivity index (χ2n) is 5.24. The molecule has 1 aromatic carbocycles. The number of carboxylic acids is 1. The van der Waals surface area contributed by atoms with E-state index in [0.29, 0.717) is 11.5 Å². The zero-order valence-corrected chi connectivity index (χ0v) is 12.5. The monoisotopic (exact) mass is 279 g/mol. The Bertz CT molecular complexity index is 475. The fourth-order valence-corrected chi connectivity index (χ4v) is 3.25. The van der Waals surface area contributed by atoms with Gasteiger partial charge >= 0.3 is 5.97 Å². The fourth-order valence-electron chi connectivity index (χ4n) is 2.43. The summed E-state index contributed by atoms with van der Waals surface area (Å²) in [4.78, 5) is 14.5. The van der Waals surface area contributed by atoms with Gasteiger partial charge in [-0.05, 0) is 36.1 Å². The van der Waals surface area contributed by atoms with Gasteiger partial charge in [0.1, 0.15) is 0 Å². The molecule has 19 heavy (non-hydrogen) atoms. The number of rotatable bonds is 6. The lowest BCUT2D eigenvalue weighted by Crippen LogP contribution is -2.23. The first-order valence-corrected chi connectivity index (χ1v) is 7.73. The van der Waals surface area contributed by atoms with Crippen LogP contribution in [-0.2, 0) is 0 Å². The van der Waals surface area contributed by atoms with Crippen LogP contribution in [-0.4, -0.2) is 30.4 Å². The maximum Gasteiger partial charge on any atom is 0.338 e. The highest BCUT2D eigenvalue weighted by Gasteiger charge is 2.34. The van der Waals surface area contributed by atoms with Crippen LogP contribution in [0.3, 0.4) is 0 Å². The Hall–Kier alpha value is -1.16. The highest BCUT2D eigenvalue weighted by molar-refractivity contribution is 7.99. The fraction of sp³-hybridized carbons (Fsp3) is 0.533. The molecule has 1 aromatic rings. The zero-order valence-electron chi connectivity index (χ0n) is 11.7. The average molecular weight is 279 g/mol. The molecule has 104 valence electrons. The van der Waals surface area contributed by atoms with Crippen molar-refractivity contribution in [1.29, 1.82) is 0 Å². The molecule has 1 N–H and O–H groups in total. The molecule has 1 aliphatic carbocycles. The van der Waals surface area contributed by atoms with Crippen LogP contribution in [0.25, 0.3) is 0 Å². The molecular weight excluding hydrogens is 258 g/mol. The minimum Gasteiger partial charge on any atom is -0.478 e. The zero-order chi connectivity index (χ0) is 14.0. The van der Waals surface area contributed by atoms with Gasteiger partial charge in [0.2, 0.25) is 0 Å². The molecule has 3 nitrogen and oxygen atoms in total. The van der Waals surface area contributed by atoms with Crippen LogP contribution >= 0.6 is 11.8 Å². The standard InChI is InChI=1S/C15H21NO2S/c1-4-19-13-7-5-6-12(14(13)15(17)18)16(3)9-11-8-10(11)2/h5-7,10-11H,4,8-9H2,1-3H3,(H,17,18). The lowest BCUT2D eigenvalue weighted by Gasteiger charge is -2.22. The van der Waals surface area contributed by atoms with Crippen molar-refractivity contribution in [2.24, 2.45) is 11.8 Å². The molecular formula is C15H21NO2S. The van der Waals surface area contributed by atoms with E-state index in [1.807, 2.05) is 32.2 Å². The van der Waals surface area contributed by atoms with Crippen LogP contribution in [0.15, 0.2) is 23.1 Å². The van der Waals surface area contributed by atoms with Gasteiger partial charge in [0.25, 0.3) is 0 Å². The Morgan fingerprint density at radius 3 is 2.74 bits per heavy atom. The predicted molar refractivity (Wildman–Crippen MR) is 80.3 cm³/mol. The van der Waals surface area contributed by atoms with Crippen molar-refractivity contribution in [2.75, 3.05) is 24.2 Å². The summed E-state index contributed by atoms with van der Waals surface area (Å²) in [7, 11) is 1.99. The van der Waals surface area contributed by atoms with Crippen LogP contribution in [0.1, 0.15) is 30.6 Å². The maximum absolute atomic E-state index is 11.5. The van der Waals surface area contributed by atoms with Crippen molar-refractivity contribution in [3.05, 3.63) is 23.8 Å². The number of thioether (sulfide) groups is 1. The molecule has 2 unspecified atom stereocenters. The summed E-state index contributed by atoms with van der Waals surface area (Å²) in [5.41, 5.74) is 1.29. The summed E-state index contributed by atoms with van der Waals surface area (Å²) in [6.45, 7) is 5.24. The number of nitrogens with zero attached hydrogens (tertiary/aromatic N) is 1. The summed E-state index contributed by atoms with van der Waals surface area (Å²) >= 11 is 1.59. The second-order valence-corrected chi connectivity index (χ2v) is 6.55. The Morgan fingerprint density at radius 1 is 1.53 bits per heavy atom. The molecule has 0 bridgehead atoms.